The fourth-order valence-corrected chi connectivity index (χ4v) is 4.76. The molecular weight excluding hydrogens is 288 g/mol. The van der Waals surface area contributed by atoms with Gasteiger partial charge in [0.25, 0.3) is 5.56 Å². The monoisotopic (exact) mass is 306 g/mol. The highest BCUT2D eigenvalue weighted by Gasteiger charge is 2.38. The molecule has 0 amide bonds. The largest absolute Gasteiger partial charge is 0.323 e. The Morgan fingerprint density at radius 3 is 2.85 bits per heavy atom. The van der Waals surface area contributed by atoms with Gasteiger partial charge in [-0.25, -0.2) is 0 Å². The molecule has 2 heterocycles. The summed E-state index contributed by atoms with van der Waals surface area (Å²) in [5.41, 5.74) is 1.72. The minimum absolute atomic E-state index is 0.135. The van der Waals surface area contributed by atoms with Crippen molar-refractivity contribution in [3.63, 3.8) is 0 Å². The maximum absolute atomic E-state index is 12.9. The number of aromatic amines is 1. The van der Waals surface area contributed by atoms with Crippen LogP contribution in [0.3, 0.4) is 0 Å². The van der Waals surface area contributed by atoms with Gasteiger partial charge in [0.15, 0.2) is 4.77 Å². The van der Waals surface area contributed by atoms with Crippen molar-refractivity contribution in [1.29, 1.82) is 0 Å². The molecule has 1 saturated carbocycles. The highest BCUT2D eigenvalue weighted by Crippen LogP contribution is 2.46. The van der Waals surface area contributed by atoms with Gasteiger partial charge in [-0.15, -0.1) is 11.3 Å². The quantitative estimate of drug-likeness (QED) is 0.857. The van der Waals surface area contributed by atoms with Crippen LogP contribution in [0.25, 0.3) is 10.2 Å². The van der Waals surface area contributed by atoms with E-state index in [9.17, 15) is 4.79 Å². The molecule has 4 rings (SSSR count). The normalized spacial score (nSPS) is 20.1. The number of nitrogens with one attached hydrogen (secondary N) is 1. The maximum atomic E-state index is 12.9. The molecule has 0 aliphatic heterocycles. The summed E-state index contributed by atoms with van der Waals surface area (Å²) >= 11 is 7.15. The summed E-state index contributed by atoms with van der Waals surface area (Å²) in [5.74, 6) is 0. The van der Waals surface area contributed by atoms with E-state index < -0.39 is 0 Å². The molecule has 0 unspecified atom stereocenters. The number of hydrogen-bond donors (Lipinski definition) is 1. The number of nitrogens with zero attached hydrogens (tertiary/aromatic N) is 1. The molecular formula is C15H18N2OS2. The van der Waals surface area contributed by atoms with Crippen molar-refractivity contribution in [3.8, 4) is 0 Å². The van der Waals surface area contributed by atoms with Crippen molar-refractivity contribution in [2.24, 2.45) is 5.41 Å². The van der Waals surface area contributed by atoms with Gasteiger partial charge < -0.3 is 4.98 Å². The Hall–Kier alpha value is -0.940. The van der Waals surface area contributed by atoms with E-state index in [0.717, 1.165) is 29.6 Å². The van der Waals surface area contributed by atoms with E-state index in [1.54, 1.807) is 15.9 Å². The summed E-state index contributed by atoms with van der Waals surface area (Å²) in [6.45, 7) is 3.00. The minimum Gasteiger partial charge on any atom is -0.323 e. The second-order valence-electron chi connectivity index (χ2n) is 6.55. The van der Waals surface area contributed by atoms with Crippen LogP contribution in [0.5, 0.6) is 0 Å². The number of rotatable bonds is 2. The Morgan fingerprint density at radius 1 is 1.35 bits per heavy atom. The zero-order chi connectivity index (χ0) is 13.9. The molecule has 1 fully saturated rings. The van der Waals surface area contributed by atoms with Crippen LogP contribution in [0, 0.1) is 10.2 Å². The first-order chi connectivity index (χ1) is 9.57. The zero-order valence-electron chi connectivity index (χ0n) is 11.6. The average molecular weight is 306 g/mol. The molecule has 3 nitrogen and oxygen atoms in total. The summed E-state index contributed by atoms with van der Waals surface area (Å²) in [7, 11) is 0. The van der Waals surface area contributed by atoms with Gasteiger partial charge in [0.1, 0.15) is 4.83 Å². The summed E-state index contributed by atoms with van der Waals surface area (Å²) in [4.78, 5) is 18.6. The predicted octanol–water partition coefficient (Wildman–Crippen LogP) is 3.80. The number of thiophene rings is 1. The van der Waals surface area contributed by atoms with E-state index in [0.29, 0.717) is 4.77 Å². The Balaban J connectivity index is 1.96. The Labute approximate surface area is 126 Å². The zero-order valence-corrected chi connectivity index (χ0v) is 13.3. The molecule has 5 heteroatoms. The van der Waals surface area contributed by atoms with Crippen LogP contribution < -0.4 is 5.56 Å². The summed E-state index contributed by atoms with van der Waals surface area (Å²) in [6.07, 6.45) is 7.01. The predicted molar refractivity (Wildman–Crippen MR) is 85.3 cm³/mol. The molecule has 0 bridgehead atoms. The van der Waals surface area contributed by atoms with Crippen molar-refractivity contribution in [3.05, 3.63) is 25.6 Å². The van der Waals surface area contributed by atoms with Crippen LogP contribution in [0.2, 0.25) is 0 Å². The topological polar surface area (TPSA) is 37.8 Å². The third kappa shape index (κ3) is 1.91. The van der Waals surface area contributed by atoms with Crippen LogP contribution in [0.1, 0.15) is 43.0 Å². The summed E-state index contributed by atoms with van der Waals surface area (Å²) in [5, 5.41) is 0.919. The van der Waals surface area contributed by atoms with Gasteiger partial charge in [-0.1, -0.05) is 6.92 Å². The molecule has 0 spiro atoms. The maximum Gasteiger partial charge on any atom is 0.263 e. The molecule has 20 heavy (non-hydrogen) atoms. The summed E-state index contributed by atoms with van der Waals surface area (Å²) in [6, 6.07) is 0. The van der Waals surface area contributed by atoms with E-state index in [2.05, 4.69) is 11.9 Å². The van der Waals surface area contributed by atoms with E-state index >= 15 is 0 Å². The van der Waals surface area contributed by atoms with Gasteiger partial charge in [0.2, 0.25) is 0 Å². The first-order valence-electron chi connectivity index (χ1n) is 7.35. The smallest absolute Gasteiger partial charge is 0.263 e. The number of hydrogen-bond acceptors (Lipinski definition) is 3. The highest BCUT2D eigenvalue weighted by molar-refractivity contribution is 7.71. The van der Waals surface area contributed by atoms with E-state index in [1.807, 2.05) is 0 Å². The van der Waals surface area contributed by atoms with Crippen LogP contribution in [-0.4, -0.2) is 9.55 Å². The number of aromatic nitrogens is 2. The SMILES string of the molecule is CC1(Cn2c(=S)[nH]c3sc4c(c3c2=O)CCCC4)CC1. The lowest BCUT2D eigenvalue weighted by Gasteiger charge is -2.13. The van der Waals surface area contributed by atoms with Crippen LogP contribution in [-0.2, 0) is 19.4 Å². The van der Waals surface area contributed by atoms with Crippen molar-refractivity contribution in [1.82, 2.24) is 9.55 Å². The fraction of sp³-hybridized carbons (Fsp3) is 0.600. The standard InChI is InChI=1S/C15H18N2OS2/c1-15(6-7-15)8-17-13(18)11-9-4-2-3-5-10(9)20-12(11)16-14(17)19/h2-8H2,1H3,(H,16,19). The van der Waals surface area contributed by atoms with Gasteiger partial charge in [0.05, 0.1) is 5.39 Å². The van der Waals surface area contributed by atoms with Gasteiger partial charge in [0, 0.05) is 11.4 Å². The molecule has 0 radical (unpaired) electrons. The lowest BCUT2D eigenvalue weighted by molar-refractivity contribution is 0.449. The average Bonchev–Trinajstić information content (AvgIpc) is 3.02. The molecule has 0 aromatic carbocycles. The van der Waals surface area contributed by atoms with Gasteiger partial charge in [-0.3, -0.25) is 9.36 Å². The Morgan fingerprint density at radius 2 is 2.10 bits per heavy atom. The van der Waals surface area contributed by atoms with Crippen molar-refractivity contribution in [2.45, 2.75) is 52.0 Å². The number of H-pyrrole nitrogens is 1. The second-order valence-corrected chi connectivity index (χ2v) is 8.04. The molecule has 2 aromatic heterocycles. The van der Waals surface area contributed by atoms with Crippen molar-refractivity contribution >= 4 is 33.8 Å². The second kappa shape index (κ2) is 4.28. The molecule has 2 aliphatic carbocycles. The highest BCUT2D eigenvalue weighted by atomic mass is 32.1. The third-order valence-electron chi connectivity index (χ3n) is 4.74. The molecule has 2 aliphatic rings. The van der Waals surface area contributed by atoms with Crippen LogP contribution in [0.15, 0.2) is 4.79 Å². The molecule has 2 aromatic rings. The summed E-state index contributed by atoms with van der Waals surface area (Å²) < 4.78 is 2.39. The first kappa shape index (κ1) is 12.8. The minimum atomic E-state index is 0.135. The molecule has 0 atom stereocenters. The van der Waals surface area contributed by atoms with Crippen molar-refractivity contribution < 1.29 is 0 Å². The Bertz CT molecular complexity index is 808. The van der Waals surface area contributed by atoms with Gasteiger partial charge in [-0.2, -0.15) is 0 Å². The molecule has 0 saturated heterocycles. The Kier molecular flexibility index (Phi) is 2.73. The third-order valence-corrected chi connectivity index (χ3v) is 6.27. The van der Waals surface area contributed by atoms with E-state index in [4.69, 9.17) is 12.2 Å². The van der Waals surface area contributed by atoms with Crippen LogP contribution in [0.4, 0.5) is 0 Å². The van der Waals surface area contributed by atoms with Gasteiger partial charge in [-0.05, 0) is 61.7 Å². The van der Waals surface area contributed by atoms with Crippen LogP contribution >= 0.6 is 23.6 Å². The molecule has 106 valence electrons. The lowest BCUT2D eigenvalue weighted by Crippen LogP contribution is -2.25. The van der Waals surface area contributed by atoms with E-state index in [1.165, 1.54) is 36.1 Å². The van der Waals surface area contributed by atoms with E-state index in [-0.39, 0.29) is 11.0 Å². The number of aryl methyl sites for hydroxylation is 2. The fourth-order valence-electron chi connectivity index (χ4n) is 3.17. The molecule has 1 N–H and O–H groups in total. The lowest BCUT2D eigenvalue weighted by atomic mass is 9.97. The van der Waals surface area contributed by atoms with Gasteiger partial charge >= 0.3 is 0 Å². The van der Waals surface area contributed by atoms with Crippen molar-refractivity contribution in [2.75, 3.05) is 0 Å². The number of fused-ring (bicyclic) bond motifs is 3. The first-order valence-corrected chi connectivity index (χ1v) is 8.57.